The second-order valence-corrected chi connectivity index (χ2v) is 5.32. The number of hydrogen-bond acceptors (Lipinski definition) is 4. The number of rotatable bonds is 4. The molecule has 1 aliphatic rings. The van der Waals surface area contributed by atoms with E-state index in [0.717, 1.165) is 0 Å². The van der Waals surface area contributed by atoms with Gasteiger partial charge in [0.15, 0.2) is 12.4 Å². The van der Waals surface area contributed by atoms with Gasteiger partial charge in [-0.15, -0.1) is 0 Å². The lowest BCUT2D eigenvalue weighted by molar-refractivity contribution is -0.139. The quantitative estimate of drug-likeness (QED) is 0.855. The molecule has 0 saturated carbocycles. The summed E-state index contributed by atoms with van der Waals surface area (Å²) in [5.74, 6) is -1.74. The van der Waals surface area contributed by atoms with E-state index in [-0.39, 0.29) is 33.4 Å². The highest BCUT2D eigenvalue weighted by molar-refractivity contribution is 6.32. The Labute approximate surface area is 140 Å². The van der Waals surface area contributed by atoms with Gasteiger partial charge < -0.3 is 14.6 Å². The summed E-state index contributed by atoms with van der Waals surface area (Å²) in [6.07, 6.45) is 1.23. The van der Waals surface area contributed by atoms with Crippen LogP contribution in [0.2, 0.25) is 5.02 Å². The first-order valence-electron chi connectivity index (χ1n) is 6.82. The van der Waals surface area contributed by atoms with Gasteiger partial charge in [-0.1, -0.05) is 17.7 Å². The van der Waals surface area contributed by atoms with Crippen LogP contribution in [0.25, 0.3) is 6.08 Å². The Morgan fingerprint density at radius 2 is 2.12 bits per heavy atom. The van der Waals surface area contributed by atoms with Gasteiger partial charge >= 0.3 is 5.97 Å². The molecule has 1 N–H and O–H groups in total. The molecule has 0 fully saturated rings. The van der Waals surface area contributed by atoms with Crippen LogP contribution in [0.5, 0.6) is 11.5 Å². The van der Waals surface area contributed by atoms with E-state index < -0.39 is 24.2 Å². The number of carboxylic acid groups (broad SMARTS) is 1. The summed E-state index contributed by atoms with van der Waals surface area (Å²) in [6.45, 7) is -0.514. The van der Waals surface area contributed by atoms with Crippen molar-refractivity contribution in [1.29, 1.82) is 0 Å². The smallest absolute Gasteiger partial charge is 0.341 e. The third-order valence-corrected chi connectivity index (χ3v) is 3.61. The van der Waals surface area contributed by atoms with E-state index >= 15 is 0 Å². The van der Waals surface area contributed by atoms with E-state index in [9.17, 15) is 14.0 Å². The van der Waals surface area contributed by atoms with E-state index in [1.54, 1.807) is 0 Å². The molecule has 7 heteroatoms. The zero-order chi connectivity index (χ0) is 17.3. The molecular weight excluding hydrogens is 339 g/mol. The molecule has 2 aromatic rings. The van der Waals surface area contributed by atoms with Crippen LogP contribution in [-0.4, -0.2) is 23.5 Å². The summed E-state index contributed by atoms with van der Waals surface area (Å²) < 4.78 is 24.3. The number of carboxylic acids is 1. The van der Waals surface area contributed by atoms with Crippen molar-refractivity contribution in [2.45, 2.75) is 0 Å². The van der Waals surface area contributed by atoms with E-state index in [0.29, 0.717) is 0 Å². The molecule has 0 spiro atoms. The van der Waals surface area contributed by atoms with E-state index in [1.807, 2.05) is 0 Å². The third-order valence-electron chi connectivity index (χ3n) is 3.28. The van der Waals surface area contributed by atoms with E-state index in [2.05, 4.69) is 0 Å². The summed E-state index contributed by atoms with van der Waals surface area (Å²) >= 11 is 5.94. The predicted molar refractivity (Wildman–Crippen MR) is 83.9 cm³/mol. The number of halogens is 2. The van der Waals surface area contributed by atoms with Crippen molar-refractivity contribution in [2.24, 2.45) is 0 Å². The van der Waals surface area contributed by atoms with Gasteiger partial charge in [-0.25, -0.2) is 9.18 Å². The molecule has 1 aliphatic heterocycles. The van der Waals surface area contributed by atoms with Gasteiger partial charge in [-0.2, -0.15) is 0 Å². The molecule has 5 nitrogen and oxygen atoms in total. The Bertz CT molecular complexity index is 855. The van der Waals surface area contributed by atoms with Crippen molar-refractivity contribution in [1.82, 2.24) is 0 Å². The number of Topliss-reactive ketones (excluding diaryl/α,β-unsaturated/α-hetero) is 1. The van der Waals surface area contributed by atoms with Crippen LogP contribution in [0, 0.1) is 5.82 Å². The fraction of sp³-hybridized carbons (Fsp3) is 0.0588. The Balaban J connectivity index is 1.90. The molecule has 0 radical (unpaired) electrons. The number of carbonyl (C=O) groups excluding carboxylic acids is 1. The van der Waals surface area contributed by atoms with Crippen molar-refractivity contribution in [3.05, 3.63) is 64.1 Å². The second kappa shape index (κ2) is 6.33. The molecule has 3 rings (SSSR count). The summed E-state index contributed by atoms with van der Waals surface area (Å²) in [5.41, 5.74) is 0.328. The number of ether oxygens (including phenoxy) is 2. The maximum absolute atomic E-state index is 13.8. The van der Waals surface area contributed by atoms with E-state index in [1.165, 1.54) is 42.5 Å². The first-order valence-corrected chi connectivity index (χ1v) is 7.20. The number of hydrogen-bond donors (Lipinski definition) is 1. The van der Waals surface area contributed by atoms with Gasteiger partial charge in [0.25, 0.3) is 0 Å². The molecule has 0 atom stereocenters. The third kappa shape index (κ3) is 3.09. The highest BCUT2D eigenvalue weighted by atomic mass is 35.5. The predicted octanol–water partition coefficient (Wildman–Crippen LogP) is 3.56. The summed E-state index contributed by atoms with van der Waals surface area (Å²) in [7, 11) is 0. The minimum absolute atomic E-state index is 0.0534. The highest BCUT2D eigenvalue weighted by Gasteiger charge is 2.28. The SMILES string of the molecule is O=C(O)COc1ccc2c(c1)O/C(=C/c1c(F)cccc1Cl)C2=O. The molecule has 0 aromatic heterocycles. The Hall–Kier alpha value is -2.86. The van der Waals surface area contributed by atoms with Crippen LogP contribution in [0.3, 0.4) is 0 Å². The maximum Gasteiger partial charge on any atom is 0.341 e. The topological polar surface area (TPSA) is 72.8 Å². The fourth-order valence-electron chi connectivity index (χ4n) is 2.18. The molecule has 0 unspecified atom stereocenters. The average molecular weight is 349 g/mol. The van der Waals surface area contributed by atoms with Gasteiger partial charge in [0.05, 0.1) is 10.6 Å². The van der Waals surface area contributed by atoms with Gasteiger partial charge in [-0.05, 0) is 30.3 Å². The first kappa shape index (κ1) is 16.0. The zero-order valence-electron chi connectivity index (χ0n) is 12.1. The average Bonchev–Trinajstić information content (AvgIpc) is 2.85. The van der Waals surface area contributed by atoms with Gasteiger partial charge in [0, 0.05) is 11.6 Å². The standard InChI is InChI=1S/C17H10ClFO5/c18-12-2-1-3-13(19)11(12)7-15-17(22)10-5-4-9(6-14(10)24-15)23-8-16(20)21/h1-7H,8H2,(H,20,21)/b15-7+. The summed E-state index contributed by atoms with van der Waals surface area (Å²) in [4.78, 5) is 22.8. The molecule has 0 aliphatic carbocycles. The molecule has 24 heavy (non-hydrogen) atoms. The van der Waals surface area contributed by atoms with Crippen molar-refractivity contribution in [3.8, 4) is 11.5 Å². The molecular formula is C17H10ClFO5. The Kier molecular flexibility index (Phi) is 4.22. The fourth-order valence-corrected chi connectivity index (χ4v) is 2.40. The lowest BCUT2D eigenvalue weighted by Crippen LogP contribution is -2.09. The van der Waals surface area contributed by atoms with Crippen LogP contribution < -0.4 is 9.47 Å². The van der Waals surface area contributed by atoms with Crippen molar-refractivity contribution < 1.29 is 28.6 Å². The lowest BCUT2D eigenvalue weighted by atomic mass is 10.1. The lowest BCUT2D eigenvalue weighted by Gasteiger charge is -2.04. The number of fused-ring (bicyclic) bond motifs is 1. The number of allylic oxidation sites excluding steroid dienone is 1. The van der Waals surface area contributed by atoms with E-state index in [4.69, 9.17) is 26.2 Å². The molecule has 0 amide bonds. The van der Waals surface area contributed by atoms with Crippen LogP contribution in [0.15, 0.2) is 42.2 Å². The molecule has 1 heterocycles. The minimum atomic E-state index is -1.12. The van der Waals surface area contributed by atoms with Crippen LogP contribution in [0.1, 0.15) is 15.9 Å². The van der Waals surface area contributed by atoms with Crippen LogP contribution >= 0.6 is 11.6 Å². The minimum Gasteiger partial charge on any atom is -0.482 e. The highest BCUT2D eigenvalue weighted by Crippen LogP contribution is 2.35. The Morgan fingerprint density at radius 3 is 2.83 bits per heavy atom. The normalized spacial score (nSPS) is 14.4. The molecule has 2 aromatic carbocycles. The second-order valence-electron chi connectivity index (χ2n) is 4.92. The van der Waals surface area contributed by atoms with Crippen LogP contribution in [-0.2, 0) is 4.79 Å². The van der Waals surface area contributed by atoms with Crippen molar-refractivity contribution in [2.75, 3.05) is 6.61 Å². The molecule has 0 bridgehead atoms. The van der Waals surface area contributed by atoms with Crippen molar-refractivity contribution >= 4 is 29.4 Å². The number of aliphatic carboxylic acids is 1. The van der Waals surface area contributed by atoms with Gasteiger partial charge in [-0.3, -0.25) is 4.79 Å². The number of ketones is 1. The first-order chi connectivity index (χ1) is 11.5. The van der Waals surface area contributed by atoms with Crippen LogP contribution in [0.4, 0.5) is 4.39 Å². The summed E-state index contributed by atoms with van der Waals surface area (Å²) in [6, 6.07) is 8.50. The largest absolute Gasteiger partial charge is 0.482 e. The summed E-state index contributed by atoms with van der Waals surface area (Å²) in [5, 5.41) is 8.75. The number of benzene rings is 2. The van der Waals surface area contributed by atoms with Crippen molar-refractivity contribution in [3.63, 3.8) is 0 Å². The zero-order valence-corrected chi connectivity index (χ0v) is 12.8. The maximum atomic E-state index is 13.8. The molecule has 122 valence electrons. The Morgan fingerprint density at radius 1 is 1.33 bits per heavy atom. The molecule has 0 saturated heterocycles. The van der Waals surface area contributed by atoms with Gasteiger partial charge in [0.1, 0.15) is 17.3 Å². The monoisotopic (exact) mass is 348 g/mol. The van der Waals surface area contributed by atoms with Gasteiger partial charge in [0.2, 0.25) is 5.78 Å². The number of carbonyl (C=O) groups is 2.